The van der Waals surface area contributed by atoms with E-state index in [2.05, 4.69) is 31.9 Å². The quantitative estimate of drug-likeness (QED) is 0.791. The third-order valence-corrected chi connectivity index (χ3v) is 4.50. The lowest BCUT2D eigenvalue weighted by molar-refractivity contribution is 0.218. The summed E-state index contributed by atoms with van der Waals surface area (Å²) in [5, 5.41) is 10.7. The van der Waals surface area contributed by atoms with E-state index in [-0.39, 0.29) is 0 Å². The van der Waals surface area contributed by atoms with E-state index < -0.39 is 6.10 Å². The SMILES string of the molecule is COc1cc(C)c(C(O)c2ccc(Br)cc2Br)cc1OC. The van der Waals surface area contributed by atoms with E-state index in [4.69, 9.17) is 9.47 Å². The molecule has 0 aromatic heterocycles. The summed E-state index contributed by atoms with van der Waals surface area (Å²) in [6, 6.07) is 9.38. The number of aliphatic hydroxyl groups is 1. The van der Waals surface area contributed by atoms with Gasteiger partial charge in [0.15, 0.2) is 11.5 Å². The molecule has 0 aliphatic heterocycles. The van der Waals surface area contributed by atoms with Crippen molar-refractivity contribution in [3.05, 3.63) is 56.0 Å². The number of rotatable bonds is 4. The molecule has 0 aliphatic carbocycles. The number of halogens is 2. The maximum Gasteiger partial charge on any atom is 0.161 e. The van der Waals surface area contributed by atoms with Crippen LogP contribution in [0.4, 0.5) is 0 Å². The molecule has 0 heterocycles. The van der Waals surface area contributed by atoms with Crippen LogP contribution in [0.5, 0.6) is 11.5 Å². The van der Waals surface area contributed by atoms with Crippen LogP contribution in [-0.4, -0.2) is 19.3 Å². The van der Waals surface area contributed by atoms with Gasteiger partial charge in [-0.25, -0.2) is 0 Å². The van der Waals surface area contributed by atoms with Gasteiger partial charge in [-0.1, -0.05) is 37.9 Å². The summed E-state index contributed by atoms with van der Waals surface area (Å²) in [6.45, 7) is 1.94. The molecule has 21 heavy (non-hydrogen) atoms. The fourth-order valence-electron chi connectivity index (χ4n) is 2.18. The van der Waals surface area contributed by atoms with Gasteiger partial charge in [-0.3, -0.25) is 0 Å². The smallest absolute Gasteiger partial charge is 0.161 e. The van der Waals surface area contributed by atoms with Crippen molar-refractivity contribution in [3.63, 3.8) is 0 Å². The number of aryl methyl sites for hydroxylation is 1. The first-order chi connectivity index (χ1) is 9.97. The van der Waals surface area contributed by atoms with Crippen LogP contribution < -0.4 is 9.47 Å². The second kappa shape index (κ2) is 6.81. The van der Waals surface area contributed by atoms with Gasteiger partial charge in [0.05, 0.1) is 14.2 Å². The summed E-state index contributed by atoms with van der Waals surface area (Å²) >= 11 is 6.90. The van der Waals surface area contributed by atoms with Gasteiger partial charge in [-0.15, -0.1) is 0 Å². The van der Waals surface area contributed by atoms with Crippen molar-refractivity contribution >= 4 is 31.9 Å². The van der Waals surface area contributed by atoms with Gasteiger partial charge >= 0.3 is 0 Å². The molecule has 0 aliphatic rings. The van der Waals surface area contributed by atoms with Gasteiger partial charge in [0.25, 0.3) is 0 Å². The van der Waals surface area contributed by atoms with Crippen molar-refractivity contribution in [1.29, 1.82) is 0 Å². The predicted octanol–water partition coefficient (Wildman–Crippen LogP) is 4.62. The molecule has 1 N–H and O–H groups in total. The number of hydrogen-bond acceptors (Lipinski definition) is 3. The topological polar surface area (TPSA) is 38.7 Å². The molecule has 0 fully saturated rings. The van der Waals surface area contributed by atoms with E-state index in [1.165, 1.54) is 0 Å². The first-order valence-corrected chi connectivity index (χ1v) is 7.92. The number of hydrogen-bond donors (Lipinski definition) is 1. The molecule has 2 aromatic rings. The fraction of sp³-hybridized carbons (Fsp3) is 0.250. The summed E-state index contributed by atoms with van der Waals surface area (Å²) in [5.74, 6) is 1.26. The third kappa shape index (κ3) is 3.42. The molecule has 0 amide bonds. The van der Waals surface area contributed by atoms with E-state index in [0.717, 1.165) is 25.6 Å². The van der Waals surface area contributed by atoms with Gasteiger partial charge in [-0.2, -0.15) is 0 Å². The molecule has 0 saturated heterocycles. The first kappa shape index (κ1) is 16.3. The summed E-state index contributed by atoms with van der Waals surface area (Å²) in [7, 11) is 3.18. The number of methoxy groups -OCH3 is 2. The highest BCUT2D eigenvalue weighted by molar-refractivity contribution is 9.11. The zero-order chi connectivity index (χ0) is 15.6. The number of aliphatic hydroxyl groups excluding tert-OH is 1. The van der Waals surface area contributed by atoms with Crippen LogP contribution in [0.2, 0.25) is 0 Å². The predicted molar refractivity (Wildman–Crippen MR) is 90.2 cm³/mol. The Hall–Kier alpha value is -1.04. The second-order valence-corrected chi connectivity index (χ2v) is 6.40. The Kier molecular flexibility index (Phi) is 5.30. The van der Waals surface area contributed by atoms with Gasteiger partial charge < -0.3 is 14.6 Å². The molecule has 0 spiro atoms. The minimum atomic E-state index is -0.743. The monoisotopic (exact) mass is 414 g/mol. The fourth-order valence-corrected chi connectivity index (χ4v) is 3.45. The average molecular weight is 416 g/mol. The van der Waals surface area contributed by atoms with Crippen molar-refractivity contribution in [2.45, 2.75) is 13.0 Å². The Morgan fingerprint density at radius 2 is 1.57 bits per heavy atom. The zero-order valence-corrected chi connectivity index (χ0v) is 15.2. The average Bonchev–Trinajstić information content (AvgIpc) is 2.46. The Morgan fingerprint density at radius 1 is 0.952 bits per heavy atom. The van der Waals surface area contributed by atoms with Crippen LogP contribution in [0.3, 0.4) is 0 Å². The molecule has 3 nitrogen and oxygen atoms in total. The summed E-state index contributed by atoms with van der Waals surface area (Å²) < 4.78 is 12.4. The van der Waals surface area contributed by atoms with Crippen molar-refractivity contribution in [2.75, 3.05) is 14.2 Å². The van der Waals surface area contributed by atoms with Crippen molar-refractivity contribution in [2.24, 2.45) is 0 Å². The zero-order valence-electron chi connectivity index (χ0n) is 12.0. The van der Waals surface area contributed by atoms with Crippen molar-refractivity contribution in [3.8, 4) is 11.5 Å². The van der Waals surface area contributed by atoms with E-state index in [1.807, 2.05) is 37.3 Å². The normalized spacial score (nSPS) is 12.1. The maximum absolute atomic E-state index is 10.7. The summed E-state index contributed by atoms with van der Waals surface area (Å²) in [5.41, 5.74) is 2.53. The first-order valence-electron chi connectivity index (χ1n) is 6.33. The van der Waals surface area contributed by atoms with Crippen LogP contribution in [0, 0.1) is 6.92 Å². The van der Waals surface area contributed by atoms with Crippen LogP contribution >= 0.6 is 31.9 Å². The Morgan fingerprint density at radius 3 is 2.14 bits per heavy atom. The van der Waals surface area contributed by atoms with Crippen LogP contribution in [0.25, 0.3) is 0 Å². The van der Waals surface area contributed by atoms with E-state index in [0.29, 0.717) is 11.5 Å². The summed E-state index contributed by atoms with van der Waals surface area (Å²) in [6.07, 6.45) is -0.743. The van der Waals surface area contributed by atoms with Crippen molar-refractivity contribution in [1.82, 2.24) is 0 Å². The molecule has 2 rings (SSSR count). The lowest BCUT2D eigenvalue weighted by atomic mass is 9.97. The molecular weight excluding hydrogens is 400 g/mol. The van der Waals surface area contributed by atoms with Crippen LogP contribution in [0.1, 0.15) is 22.8 Å². The number of benzene rings is 2. The highest BCUT2D eigenvalue weighted by Gasteiger charge is 2.19. The highest BCUT2D eigenvalue weighted by Crippen LogP contribution is 2.37. The summed E-state index contributed by atoms with van der Waals surface area (Å²) in [4.78, 5) is 0. The molecule has 0 bridgehead atoms. The Balaban J connectivity index is 2.50. The largest absolute Gasteiger partial charge is 0.493 e. The minimum absolute atomic E-state index is 0.602. The van der Waals surface area contributed by atoms with E-state index in [9.17, 15) is 5.11 Å². The Labute approximate surface area is 141 Å². The van der Waals surface area contributed by atoms with Gasteiger partial charge in [0.2, 0.25) is 0 Å². The maximum atomic E-state index is 10.7. The molecule has 0 radical (unpaired) electrons. The van der Waals surface area contributed by atoms with Gasteiger partial charge in [0.1, 0.15) is 6.10 Å². The van der Waals surface area contributed by atoms with Crippen molar-refractivity contribution < 1.29 is 14.6 Å². The Bertz CT molecular complexity index is 656. The molecular formula is C16H16Br2O3. The van der Waals surface area contributed by atoms with Gasteiger partial charge in [0, 0.05) is 8.95 Å². The molecule has 2 aromatic carbocycles. The highest BCUT2D eigenvalue weighted by atomic mass is 79.9. The van der Waals surface area contributed by atoms with Crippen LogP contribution in [0.15, 0.2) is 39.3 Å². The third-order valence-electron chi connectivity index (χ3n) is 3.32. The molecule has 0 saturated carbocycles. The molecule has 1 unspecified atom stereocenters. The standard InChI is InChI=1S/C16H16Br2O3/c1-9-6-14(20-2)15(21-3)8-12(9)16(19)11-5-4-10(17)7-13(11)18/h4-8,16,19H,1-3H3. The molecule has 112 valence electrons. The molecule has 5 heteroatoms. The number of ether oxygens (including phenoxy) is 2. The minimum Gasteiger partial charge on any atom is -0.493 e. The lowest BCUT2D eigenvalue weighted by Gasteiger charge is -2.18. The van der Waals surface area contributed by atoms with Crippen LogP contribution in [-0.2, 0) is 0 Å². The lowest BCUT2D eigenvalue weighted by Crippen LogP contribution is -2.04. The van der Waals surface area contributed by atoms with E-state index in [1.54, 1.807) is 14.2 Å². The van der Waals surface area contributed by atoms with Gasteiger partial charge in [-0.05, 0) is 47.9 Å². The molecule has 1 atom stereocenters. The van der Waals surface area contributed by atoms with E-state index >= 15 is 0 Å². The second-order valence-electron chi connectivity index (χ2n) is 4.63.